The number of carbonyl (C=O) groups excluding carboxylic acids is 2. The van der Waals surface area contributed by atoms with Crippen molar-refractivity contribution in [1.29, 1.82) is 0 Å². The van der Waals surface area contributed by atoms with Gasteiger partial charge in [-0.05, 0) is 26.3 Å². The van der Waals surface area contributed by atoms with E-state index in [0.29, 0.717) is 26.1 Å². The summed E-state index contributed by atoms with van der Waals surface area (Å²) in [6.45, 7) is 11.0. The third-order valence-electron chi connectivity index (χ3n) is 6.47. The van der Waals surface area contributed by atoms with Crippen LogP contribution in [-0.2, 0) is 27.3 Å². The Balaban J connectivity index is 1.45. The van der Waals surface area contributed by atoms with Gasteiger partial charge in [0.25, 0.3) is 5.56 Å². The number of ketones is 1. The summed E-state index contributed by atoms with van der Waals surface area (Å²) in [6, 6.07) is 0.543. The summed E-state index contributed by atoms with van der Waals surface area (Å²) < 4.78 is 44.9. The molecule has 3 rings (SSSR count). The second-order valence-electron chi connectivity index (χ2n) is 11.5. The molecule has 0 saturated heterocycles. The lowest BCUT2D eigenvalue weighted by Crippen LogP contribution is -2.34. The van der Waals surface area contributed by atoms with E-state index in [4.69, 9.17) is 9.57 Å². The molecule has 1 atom stereocenters. The molecule has 43 heavy (non-hydrogen) atoms. The van der Waals surface area contributed by atoms with Crippen molar-refractivity contribution in [2.45, 2.75) is 71.3 Å². The second kappa shape index (κ2) is 14.7. The normalized spacial score (nSPS) is 14.7. The SMILES string of the molecule is CC(=O)c1c(N[C@@H](C)CONC(=O)CC2=CCN(c3ncc(C(F)(F)F)cn3)CC2)cnn(COCC[Si](C)(C)C)c1=O. The Labute approximate surface area is 248 Å². The van der Waals surface area contributed by atoms with Gasteiger partial charge in [-0.3, -0.25) is 19.2 Å². The van der Waals surface area contributed by atoms with Crippen molar-refractivity contribution in [2.75, 3.05) is 36.5 Å². The van der Waals surface area contributed by atoms with Crippen LogP contribution in [0, 0.1) is 0 Å². The predicted octanol–water partition coefficient (Wildman–Crippen LogP) is 3.64. The quantitative estimate of drug-likeness (QED) is 0.105. The third-order valence-corrected chi connectivity index (χ3v) is 8.17. The van der Waals surface area contributed by atoms with Gasteiger partial charge in [-0.1, -0.05) is 31.3 Å². The molecular formula is C27H38F3N7O5Si. The molecule has 2 N–H and O–H groups in total. The third kappa shape index (κ3) is 10.5. The number of anilines is 2. The van der Waals surface area contributed by atoms with Crippen molar-refractivity contribution in [2.24, 2.45) is 0 Å². The van der Waals surface area contributed by atoms with E-state index < -0.39 is 37.2 Å². The molecule has 236 valence electrons. The van der Waals surface area contributed by atoms with Crippen LogP contribution in [0.15, 0.2) is 35.0 Å². The van der Waals surface area contributed by atoms with Gasteiger partial charge in [0.15, 0.2) is 5.78 Å². The van der Waals surface area contributed by atoms with Crippen molar-refractivity contribution in [1.82, 2.24) is 25.2 Å². The van der Waals surface area contributed by atoms with Crippen LogP contribution >= 0.6 is 0 Å². The summed E-state index contributed by atoms with van der Waals surface area (Å²) in [5.74, 6) is -0.610. The van der Waals surface area contributed by atoms with Gasteiger partial charge in [0.2, 0.25) is 11.9 Å². The molecule has 16 heteroatoms. The lowest BCUT2D eigenvalue weighted by Gasteiger charge is -2.26. The van der Waals surface area contributed by atoms with E-state index in [1.807, 2.05) is 6.08 Å². The van der Waals surface area contributed by atoms with E-state index in [1.165, 1.54) is 13.1 Å². The van der Waals surface area contributed by atoms with Crippen molar-refractivity contribution < 1.29 is 32.3 Å². The van der Waals surface area contributed by atoms with Crippen LogP contribution in [0.5, 0.6) is 0 Å². The zero-order valence-electron chi connectivity index (χ0n) is 25.0. The van der Waals surface area contributed by atoms with E-state index >= 15 is 0 Å². The molecule has 0 unspecified atom stereocenters. The average Bonchev–Trinajstić information content (AvgIpc) is 2.91. The molecule has 3 heterocycles. The monoisotopic (exact) mass is 625 g/mol. The van der Waals surface area contributed by atoms with Crippen LogP contribution in [0.25, 0.3) is 0 Å². The summed E-state index contributed by atoms with van der Waals surface area (Å²) in [7, 11) is -1.29. The molecule has 2 aromatic heterocycles. The van der Waals surface area contributed by atoms with Gasteiger partial charge < -0.3 is 15.0 Å². The fraction of sp³-hybridized carbons (Fsp3) is 0.556. The van der Waals surface area contributed by atoms with Crippen molar-refractivity contribution >= 4 is 31.4 Å². The minimum Gasteiger partial charge on any atom is -0.378 e. The Morgan fingerprint density at radius 3 is 2.44 bits per heavy atom. The Morgan fingerprint density at radius 2 is 1.86 bits per heavy atom. The van der Waals surface area contributed by atoms with Crippen LogP contribution in [0.2, 0.25) is 25.7 Å². The number of Topliss-reactive ketones (excluding diaryl/α,β-unsaturated/α-hetero) is 1. The van der Waals surface area contributed by atoms with Crippen LogP contribution < -0.4 is 21.3 Å². The highest BCUT2D eigenvalue weighted by Gasteiger charge is 2.31. The molecule has 1 aliphatic heterocycles. The van der Waals surface area contributed by atoms with E-state index in [9.17, 15) is 27.6 Å². The Kier molecular flexibility index (Phi) is 11.6. The van der Waals surface area contributed by atoms with Crippen LogP contribution in [-0.4, -0.2) is 71.9 Å². The largest absolute Gasteiger partial charge is 0.419 e. The molecule has 2 aromatic rings. The van der Waals surface area contributed by atoms with Crippen molar-refractivity contribution in [3.05, 3.63) is 51.7 Å². The van der Waals surface area contributed by atoms with Gasteiger partial charge in [0.05, 0.1) is 24.1 Å². The van der Waals surface area contributed by atoms with E-state index in [0.717, 1.165) is 28.7 Å². The fourth-order valence-electron chi connectivity index (χ4n) is 4.04. The second-order valence-corrected chi connectivity index (χ2v) is 17.1. The molecule has 0 bridgehead atoms. The number of hydroxylamine groups is 1. The highest BCUT2D eigenvalue weighted by atomic mass is 28.3. The number of alkyl halides is 3. The highest BCUT2D eigenvalue weighted by Crippen LogP contribution is 2.28. The summed E-state index contributed by atoms with van der Waals surface area (Å²) in [5.41, 5.74) is 1.97. The maximum Gasteiger partial charge on any atom is 0.419 e. The summed E-state index contributed by atoms with van der Waals surface area (Å²) in [6.07, 6.45) is 0.789. The number of ether oxygens (including phenoxy) is 1. The van der Waals surface area contributed by atoms with Gasteiger partial charge in [-0.25, -0.2) is 20.1 Å². The molecule has 0 radical (unpaired) electrons. The Morgan fingerprint density at radius 1 is 1.16 bits per heavy atom. The minimum atomic E-state index is -4.50. The van der Waals surface area contributed by atoms with Gasteiger partial charge in [0, 0.05) is 52.6 Å². The molecule has 0 spiro atoms. The number of aromatic nitrogens is 4. The van der Waals surface area contributed by atoms with Gasteiger partial charge in [0.1, 0.15) is 12.3 Å². The number of halogens is 3. The van der Waals surface area contributed by atoms with Crippen molar-refractivity contribution in [3.63, 3.8) is 0 Å². The fourth-order valence-corrected chi connectivity index (χ4v) is 4.80. The molecule has 0 saturated carbocycles. The topological polar surface area (TPSA) is 141 Å². The zero-order valence-corrected chi connectivity index (χ0v) is 26.0. The van der Waals surface area contributed by atoms with E-state index in [1.54, 1.807) is 11.8 Å². The molecule has 1 amide bonds. The molecule has 0 aliphatic carbocycles. The average molecular weight is 626 g/mol. The van der Waals surface area contributed by atoms with Gasteiger partial charge in [-0.2, -0.15) is 18.3 Å². The first-order chi connectivity index (χ1) is 20.1. The zero-order chi connectivity index (χ0) is 31.8. The summed E-state index contributed by atoms with van der Waals surface area (Å²) >= 11 is 0. The maximum atomic E-state index is 12.9. The Bertz CT molecular complexity index is 1360. The standard InChI is InChI=1S/C27H38F3N7O5Si/c1-18(34-22-15-33-37(25(40)24(22)19(2)38)17-41-10-11-43(3,4)5)16-42-35-23(39)12-20-6-8-36(9-7-20)26-31-13-21(14-32-26)27(28,29)30/h6,13-15,18,34H,7-12,16-17H2,1-5H3,(H,35,39)/t18-/m0/s1. The molecular weight excluding hydrogens is 587 g/mol. The van der Waals surface area contributed by atoms with Gasteiger partial charge in [-0.15, -0.1) is 0 Å². The minimum absolute atomic E-state index is 0.0318. The number of nitrogens with one attached hydrogen (secondary N) is 2. The first kappa shape index (κ1) is 33.9. The lowest BCUT2D eigenvalue weighted by atomic mass is 10.0. The maximum absolute atomic E-state index is 12.9. The summed E-state index contributed by atoms with van der Waals surface area (Å²) in [4.78, 5) is 52.2. The number of carbonyl (C=O) groups is 2. The molecule has 12 nitrogen and oxygen atoms in total. The van der Waals surface area contributed by atoms with Crippen LogP contribution in [0.1, 0.15) is 42.6 Å². The van der Waals surface area contributed by atoms with Crippen molar-refractivity contribution in [3.8, 4) is 0 Å². The van der Waals surface area contributed by atoms with E-state index in [-0.39, 0.29) is 42.9 Å². The van der Waals surface area contributed by atoms with Crippen LogP contribution in [0.4, 0.5) is 24.8 Å². The first-order valence-electron chi connectivity index (χ1n) is 13.8. The van der Waals surface area contributed by atoms with Gasteiger partial charge >= 0.3 is 6.18 Å². The number of hydrogen-bond donors (Lipinski definition) is 2. The molecule has 0 fully saturated rings. The van der Waals surface area contributed by atoms with Crippen LogP contribution in [0.3, 0.4) is 0 Å². The smallest absolute Gasteiger partial charge is 0.378 e. The molecule has 0 aromatic carbocycles. The highest BCUT2D eigenvalue weighted by molar-refractivity contribution is 6.76. The number of nitrogens with zero attached hydrogens (tertiary/aromatic N) is 5. The number of rotatable bonds is 14. The lowest BCUT2D eigenvalue weighted by molar-refractivity contribution is -0.138. The number of amides is 1. The summed E-state index contributed by atoms with van der Waals surface area (Å²) in [5, 5.41) is 7.16. The molecule has 1 aliphatic rings. The van der Waals surface area contributed by atoms with E-state index in [2.05, 4.69) is 45.5 Å². The first-order valence-corrected chi connectivity index (χ1v) is 17.5. The Hall–Kier alpha value is -3.63. The number of hydrogen-bond acceptors (Lipinski definition) is 10. The predicted molar refractivity (Wildman–Crippen MR) is 156 cm³/mol.